The molecule has 0 amide bonds. The molecule has 1 aromatic rings. The zero-order chi connectivity index (χ0) is 12.7. The van der Waals surface area contributed by atoms with Crippen molar-refractivity contribution in [2.24, 2.45) is 0 Å². The first kappa shape index (κ1) is 14.2. The van der Waals surface area contributed by atoms with Crippen molar-refractivity contribution < 1.29 is 9.84 Å². The van der Waals surface area contributed by atoms with Crippen LogP contribution in [0.2, 0.25) is 0 Å². The van der Waals surface area contributed by atoms with E-state index >= 15 is 0 Å². The Morgan fingerprint density at radius 3 is 3.00 bits per heavy atom. The lowest BCUT2D eigenvalue weighted by atomic mass is 10.00. The van der Waals surface area contributed by atoms with Crippen LogP contribution in [0.4, 0.5) is 0 Å². The molecule has 5 nitrogen and oxygen atoms in total. The molecule has 0 fully saturated rings. The number of hydrogen-bond donors (Lipinski definition) is 2. The van der Waals surface area contributed by atoms with Gasteiger partial charge in [0.25, 0.3) is 0 Å². The molecule has 1 atom stereocenters. The van der Waals surface area contributed by atoms with Gasteiger partial charge in [-0.2, -0.15) is 5.10 Å². The molecule has 98 valence electrons. The van der Waals surface area contributed by atoms with Crippen molar-refractivity contribution >= 4 is 0 Å². The van der Waals surface area contributed by atoms with E-state index in [1.165, 1.54) is 0 Å². The maximum atomic E-state index is 10.3. The monoisotopic (exact) mass is 241 g/mol. The molecule has 0 aliphatic carbocycles. The number of nitrogens with one attached hydrogen (secondary N) is 1. The number of aryl methyl sites for hydroxylation is 1. The van der Waals surface area contributed by atoms with E-state index in [1.54, 1.807) is 20.2 Å². The van der Waals surface area contributed by atoms with Gasteiger partial charge in [0.05, 0.1) is 12.8 Å². The number of aromatic nitrogens is 2. The highest BCUT2D eigenvalue weighted by Crippen LogP contribution is 2.18. The first-order valence-electron chi connectivity index (χ1n) is 6.05. The number of hydrogen-bond acceptors (Lipinski definition) is 4. The van der Waals surface area contributed by atoms with Gasteiger partial charge in [-0.3, -0.25) is 4.68 Å². The molecular weight excluding hydrogens is 218 g/mol. The van der Waals surface area contributed by atoms with Gasteiger partial charge >= 0.3 is 0 Å². The predicted molar refractivity (Wildman–Crippen MR) is 66.8 cm³/mol. The molecule has 5 heteroatoms. The van der Waals surface area contributed by atoms with Gasteiger partial charge in [-0.1, -0.05) is 6.92 Å². The summed E-state index contributed by atoms with van der Waals surface area (Å²) in [5.41, 5.74) is -0.0458. The molecule has 0 radical (unpaired) electrons. The molecule has 1 heterocycles. The molecular formula is C12H23N3O2. The van der Waals surface area contributed by atoms with Crippen molar-refractivity contribution in [3.05, 3.63) is 18.0 Å². The number of aliphatic hydroxyl groups is 1. The quantitative estimate of drug-likeness (QED) is 0.659. The third-order valence-electron chi connectivity index (χ3n) is 2.66. The van der Waals surface area contributed by atoms with E-state index < -0.39 is 5.60 Å². The zero-order valence-electron chi connectivity index (χ0n) is 10.9. The van der Waals surface area contributed by atoms with Crippen LogP contribution in [0.25, 0.3) is 0 Å². The molecule has 0 bridgehead atoms. The van der Waals surface area contributed by atoms with Crippen LogP contribution < -0.4 is 5.32 Å². The fourth-order valence-electron chi connectivity index (χ4n) is 1.60. The highest BCUT2D eigenvalue weighted by atomic mass is 16.5. The summed E-state index contributed by atoms with van der Waals surface area (Å²) in [7, 11) is 1.66. The Morgan fingerprint density at radius 2 is 2.35 bits per heavy atom. The van der Waals surface area contributed by atoms with Gasteiger partial charge in [0.1, 0.15) is 5.60 Å². The fraction of sp³-hybridized carbons (Fsp3) is 0.750. The second kappa shape index (κ2) is 6.74. The van der Waals surface area contributed by atoms with E-state index in [0.29, 0.717) is 13.2 Å². The van der Waals surface area contributed by atoms with E-state index in [1.807, 2.05) is 10.9 Å². The first-order valence-corrected chi connectivity index (χ1v) is 6.05. The van der Waals surface area contributed by atoms with Crippen molar-refractivity contribution in [1.82, 2.24) is 15.1 Å². The molecule has 0 spiro atoms. The van der Waals surface area contributed by atoms with E-state index in [-0.39, 0.29) is 0 Å². The van der Waals surface area contributed by atoms with Gasteiger partial charge < -0.3 is 15.2 Å². The third-order valence-corrected chi connectivity index (χ3v) is 2.66. The van der Waals surface area contributed by atoms with Gasteiger partial charge in [0.15, 0.2) is 0 Å². The Bertz CT molecular complexity index is 323. The maximum Gasteiger partial charge on any atom is 0.102 e. The lowest BCUT2D eigenvalue weighted by molar-refractivity contribution is 0.0549. The summed E-state index contributed by atoms with van der Waals surface area (Å²) >= 11 is 0. The van der Waals surface area contributed by atoms with E-state index in [4.69, 9.17) is 4.74 Å². The van der Waals surface area contributed by atoms with Crippen molar-refractivity contribution in [2.75, 3.05) is 26.8 Å². The Kier molecular flexibility index (Phi) is 5.61. The number of ether oxygens (including phenoxy) is 1. The number of rotatable bonds is 8. The summed E-state index contributed by atoms with van der Waals surface area (Å²) in [5.74, 6) is 0. The van der Waals surface area contributed by atoms with Gasteiger partial charge in [-0.05, 0) is 13.3 Å². The largest absolute Gasteiger partial charge is 0.384 e. The van der Waals surface area contributed by atoms with Crippen LogP contribution in [0.1, 0.15) is 25.8 Å². The highest BCUT2D eigenvalue weighted by molar-refractivity contribution is 5.14. The van der Waals surface area contributed by atoms with Crippen LogP contribution in [-0.2, 0) is 16.9 Å². The predicted octanol–water partition coefficient (Wildman–Crippen LogP) is 0.737. The molecule has 1 rings (SSSR count). The number of methoxy groups -OCH3 is 1. The highest BCUT2D eigenvalue weighted by Gasteiger charge is 2.24. The number of nitrogens with zero attached hydrogens (tertiary/aromatic N) is 2. The molecule has 2 N–H and O–H groups in total. The van der Waals surface area contributed by atoms with Crippen LogP contribution >= 0.6 is 0 Å². The molecule has 1 aromatic heterocycles. The standard InChI is InChI=1S/C12H23N3O2/c1-4-6-15-9-11(8-14-15)12(2,16)10-13-5-7-17-3/h8-9,13,16H,4-7,10H2,1-3H3. The molecule has 0 aromatic carbocycles. The van der Waals surface area contributed by atoms with Crippen LogP contribution in [0.15, 0.2) is 12.4 Å². The topological polar surface area (TPSA) is 59.3 Å². The Balaban J connectivity index is 2.49. The summed E-state index contributed by atoms with van der Waals surface area (Å²) in [6.45, 7) is 6.65. The Hall–Kier alpha value is -0.910. The Morgan fingerprint density at radius 1 is 1.59 bits per heavy atom. The summed E-state index contributed by atoms with van der Waals surface area (Å²) in [6.07, 6.45) is 4.67. The molecule has 17 heavy (non-hydrogen) atoms. The van der Waals surface area contributed by atoms with Crippen LogP contribution in [0.5, 0.6) is 0 Å². The fourth-order valence-corrected chi connectivity index (χ4v) is 1.60. The van der Waals surface area contributed by atoms with Gasteiger partial charge in [0.2, 0.25) is 0 Å². The minimum Gasteiger partial charge on any atom is -0.384 e. The van der Waals surface area contributed by atoms with Crippen LogP contribution in [0, 0.1) is 0 Å². The van der Waals surface area contributed by atoms with Crippen LogP contribution in [-0.4, -0.2) is 41.7 Å². The molecule has 1 unspecified atom stereocenters. The second-order valence-corrected chi connectivity index (χ2v) is 4.44. The SMILES string of the molecule is CCCn1cc(C(C)(O)CNCCOC)cn1. The van der Waals surface area contributed by atoms with Crippen molar-refractivity contribution in [3.63, 3.8) is 0 Å². The minimum atomic E-state index is -0.889. The maximum absolute atomic E-state index is 10.3. The van der Waals surface area contributed by atoms with E-state index in [0.717, 1.165) is 25.1 Å². The van der Waals surface area contributed by atoms with Crippen molar-refractivity contribution in [2.45, 2.75) is 32.4 Å². The van der Waals surface area contributed by atoms with Crippen molar-refractivity contribution in [1.29, 1.82) is 0 Å². The smallest absolute Gasteiger partial charge is 0.102 e. The summed E-state index contributed by atoms with van der Waals surface area (Å²) in [6, 6.07) is 0. The van der Waals surface area contributed by atoms with Gasteiger partial charge in [-0.15, -0.1) is 0 Å². The molecule has 0 saturated heterocycles. The average Bonchev–Trinajstić information content (AvgIpc) is 2.74. The van der Waals surface area contributed by atoms with Crippen molar-refractivity contribution in [3.8, 4) is 0 Å². The summed E-state index contributed by atoms with van der Waals surface area (Å²) in [5, 5.41) is 17.7. The molecule has 0 saturated carbocycles. The normalized spacial score (nSPS) is 14.8. The van der Waals surface area contributed by atoms with Gasteiger partial charge in [-0.25, -0.2) is 0 Å². The van der Waals surface area contributed by atoms with Crippen LogP contribution in [0.3, 0.4) is 0 Å². The zero-order valence-corrected chi connectivity index (χ0v) is 10.9. The first-order chi connectivity index (χ1) is 8.10. The lowest BCUT2D eigenvalue weighted by Gasteiger charge is -2.22. The Labute approximate surface area is 103 Å². The van der Waals surface area contributed by atoms with E-state index in [9.17, 15) is 5.11 Å². The summed E-state index contributed by atoms with van der Waals surface area (Å²) in [4.78, 5) is 0. The molecule has 0 aliphatic heterocycles. The molecule has 0 aliphatic rings. The van der Waals surface area contributed by atoms with Gasteiger partial charge in [0, 0.05) is 38.5 Å². The average molecular weight is 241 g/mol. The third kappa shape index (κ3) is 4.46. The van der Waals surface area contributed by atoms with E-state index in [2.05, 4.69) is 17.3 Å². The minimum absolute atomic E-state index is 0.494. The second-order valence-electron chi connectivity index (χ2n) is 4.44. The lowest BCUT2D eigenvalue weighted by Crippen LogP contribution is -2.36. The summed E-state index contributed by atoms with van der Waals surface area (Å²) < 4.78 is 6.80.